The van der Waals surface area contributed by atoms with Crippen molar-refractivity contribution in [3.63, 3.8) is 0 Å². The monoisotopic (exact) mass is 241 g/mol. The third-order valence-electron chi connectivity index (χ3n) is 4.72. The summed E-state index contributed by atoms with van der Waals surface area (Å²) in [4.78, 5) is 0. The van der Waals surface area contributed by atoms with Crippen molar-refractivity contribution in [2.24, 2.45) is 5.41 Å². The zero-order chi connectivity index (χ0) is 12.5. The van der Waals surface area contributed by atoms with E-state index in [9.17, 15) is 0 Å². The van der Waals surface area contributed by atoms with Crippen molar-refractivity contribution in [2.45, 2.75) is 70.7 Å². The van der Waals surface area contributed by atoms with E-state index in [4.69, 9.17) is 9.47 Å². The molecule has 0 bridgehead atoms. The molecule has 1 saturated heterocycles. The molecule has 100 valence electrons. The van der Waals surface area contributed by atoms with Gasteiger partial charge in [0, 0.05) is 31.2 Å². The van der Waals surface area contributed by atoms with Gasteiger partial charge in [-0.1, -0.05) is 20.8 Å². The van der Waals surface area contributed by atoms with E-state index < -0.39 is 0 Å². The molecule has 1 heterocycles. The largest absolute Gasteiger partial charge is 0.381 e. The first-order valence-electron chi connectivity index (χ1n) is 6.98. The van der Waals surface area contributed by atoms with Crippen LogP contribution in [0.3, 0.4) is 0 Å². The van der Waals surface area contributed by atoms with Crippen LogP contribution >= 0.6 is 0 Å². The highest BCUT2D eigenvalue weighted by Gasteiger charge is 2.49. The SMILES string of the molecule is CCC1CC(NC2CC(OC)C2(C)C)CCO1. The Kier molecular flexibility index (Phi) is 4.11. The van der Waals surface area contributed by atoms with Crippen molar-refractivity contribution >= 4 is 0 Å². The molecule has 4 atom stereocenters. The van der Waals surface area contributed by atoms with Crippen LogP contribution in [0, 0.1) is 5.41 Å². The molecule has 1 saturated carbocycles. The first kappa shape index (κ1) is 13.3. The summed E-state index contributed by atoms with van der Waals surface area (Å²) >= 11 is 0. The molecule has 4 unspecified atom stereocenters. The predicted octanol–water partition coefficient (Wildman–Crippen LogP) is 2.35. The molecule has 0 spiro atoms. The van der Waals surface area contributed by atoms with Gasteiger partial charge in [0.25, 0.3) is 0 Å². The van der Waals surface area contributed by atoms with Crippen LogP contribution in [0.15, 0.2) is 0 Å². The topological polar surface area (TPSA) is 30.5 Å². The van der Waals surface area contributed by atoms with E-state index >= 15 is 0 Å². The third kappa shape index (κ3) is 2.67. The Balaban J connectivity index is 1.82. The molecule has 0 radical (unpaired) electrons. The molecule has 0 aromatic rings. The fraction of sp³-hybridized carbons (Fsp3) is 1.00. The van der Waals surface area contributed by atoms with Crippen LogP contribution in [0.2, 0.25) is 0 Å². The molecule has 1 aliphatic heterocycles. The third-order valence-corrected chi connectivity index (χ3v) is 4.72. The van der Waals surface area contributed by atoms with E-state index in [-0.39, 0.29) is 5.41 Å². The molecule has 0 aromatic carbocycles. The van der Waals surface area contributed by atoms with E-state index in [2.05, 4.69) is 26.1 Å². The van der Waals surface area contributed by atoms with Gasteiger partial charge in [-0.15, -0.1) is 0 Å². The van der Waals surface area contributed by atoms with E-state index in [0.717, 1.165) is 25.9 Å². The minimum Gasteiger partial charge on any atom is -0.381 e. The molecular weight excluding hydrogens is 214 g/mol. The summed E-state index contributed by atoms with van der Waals surface area (Å²) in [7, 11) is 1.82. The Morgan fingerprint density at radius 3 is 2.71 bits per heavy atom. The maximum absolute atomic E-state index is 5.72. The molecule has 1 N–H and O–H groups in total. The van der Waals surface area contributed by atoms with Crippen LogP contribution in [0.1, 0.15) is 46.5 Å². The highest BCUT2D eigenvalue weighted by molar-refractivity contribution is 5.03. The van der Waals surface area contributed by atoms with Crippen LogP contribution in [0.5, 0.6) is 0 Å². The first-order chi connectivity index (χ1) is 8.07. The van der Waals surface area contributed by atoms with Gasteiger partial charge in [-0.3, -0.25) is 0 Å². The van der Waals surface area contributed by atoms with E-state index in [0.29, 0.717) is 24.3 Å². The molecule has 0 amide bonds. The van der Waals surface area contributed by atoms with Gasteiger partial charge in [0.15, 0.2) is 0 Å². The smallest absolute Gasteiger partial charge is 0.0652 e. The molecular formula is C14H27NO2. The number of methoxy groups -OCH3 is 1. The Morgan fingerprint density at radius 2 is 2.12 bits per heavy atom. The lowest BCUT2D eigenvalue weighted by molar-refractivity contribution is -0.106. The van der Waals surface area contributed by atoms with Crippen LogP contribution < -0.4 is 5.32 Å². The van der Waals surface area contributed by atoms with Gasteiger partial charge in [0.1, 0.15) is 0 Å². The number of rotatable bonds is 4. The maximum Gasteiger partial charge on any atom is 0.0652 e. The van der Waals surface area contributed by atoms with Crippen molar-refractivity contribution < 1.29 is 9.47 Å². The van der Waals surface area contributed by atoms with Gasteiger partial charge in [-0.05, 0) is 25.7 Å². The zero-order valence-corrected chi connectivity index (χ0v) is 11.7. The molecule has 0 aromatic heterocycles. The van der Waals surface area contributed by atoms with Gasteiger partial charge in [-0.25, -0.2) is 0 Å². The van der Waals surface area contributed by atoms with Crippen molar-refractivity contribution in [3.8, 4) is 0 Å². The second-order valence-electron chi connectivity index (χ2n) is 6.12. The Bertz CT molecular complexity index is 255. The second kappa shape index (κ2) is 5.25. The van der Waals surface area contributed by atoms with Gasteiger partial charge in [0.05, 0.1) is 12.2 Å². The average Bonchev–Trinajstić information content (AvgIpc) is 2.34. The summed E-state index contributed by atoms with van der Waals surface area (Å²) in [6.07, 6.45) is 5.48. The second-order valence-corrected chi connectivity index (χ2v) is 6.12. The van der Waals surface area contributed by atoms with Crippen molar-refractivity contribution in [1.29, 1.82) is 0 Å². The van der Waals surface area contributed by atoms with E-state index in [1.165, 1.54) is 6.42 Å². The molecule has 3 heteroatoms. The van der Waals surface area contributed by atoms with Crippen LogP contribution in [-0.2, 0) is 9.47 Å². The summed E-state index contributed by atoms with van der Waals surface area (Å²) in [5.41, 5.74) is 0.273. The van der Waals surface area contributed by atoms with Crippen LogP contribution in [0.4, 0.5) is 0 Å². The Morgan fingerprint density at radius 1 is 1.35 bits per heavy atom. The molecule has 1 aliphatic carbocycles. The minimum atomic E-state index is 0.273. The number of hydrogen-bond donors (Lipinski definition) is 1. The summed E-state index contributed by atoms with van der Waals surface area (Å²) in [6, 6.07) is 1.24. The average molecular weight is 241 g/mol. The van der Waals surface area contributed by atoms with Crippen molar-refractivity contribution in [3.05, 3.63) is 0 Å². The lowest BCUT2D eigenvalue weighted by Crippen LogP contribution is -2.63. The summed E-state index contributed by atoms with van der Waals surface area (Å²) in [5.74, 6) is 0. The minimum absolute atomic E-state index is 0.273. The number of hydrogen-bond acceptors (Lipinski definition) is 3. The van der Waals surface area contributed by atoms with Crippen molar-refractivity contribution in [2.75, 3.05) is 13.7 Å². The normalized spacial score (nSPS) is 40.9. The first-order valence-corrected chi connectivity index (χ1v) is 6.98. The Labute approximate surface area is 105 Å². The lowest BCUT2D eigenvalue weighted by Gasteiger charge is -2.53. The standard InChI is InChI=1S/C14H27NO2/c1-5-11-8-10(6-7-17-11)15-12-9-13(16-4)14(12,2)3/h10-13,15H,5-9H2,1-4H3. The van der Waals surface area contributed by atoms with E-state index in [1.807, 2.05) is 7.11 Å². The van der Waals surface area contributed by atoms with Crippen LogP contribution in [0.25, 0.3) is 0 Å². The van der Waals surface area contributed by atoms with Gasteiger partial charge < -0.3 is 14.8 Å². The van der Waals surface area contributed by atoms with Crippen LogP contribution in [-0.4, -0.2) is 38.0 Å². The fourth-order valence-corrected chi connectivity index (χ4v) is 3.17. The summed E-state index contributed by atoms with van der Waals surface area (Å²) in [6.45, 7) is 7.73. The molecule has 17 heavy (non-hydrogen) atoms. The summed E-state index contributed by atoms with van der Waals surface area (Å²) in [5, 5.41) is 3.81. The maximum atomic E-state index is 5.72. The van der Waals surface area contributed by atoms with Gasteiger partial charge in [0.2, 0.25) is 0 Å². The van der Waals surface area contributed by atoms with Gasteiger partial charge in [-0.2, -0.15) is 0 Å². The fourth-order valence-electron chi connectivity index (χ4n) is 3.17. The quantitative estimate of drug-likeness (QED) is 0.819. The molecule has 2 fully saturated rings. The Hall–Kier alpha value is -0.120. The number of nitrogens with one attached hydrogen (secondary N) is 1. The molecule has 3 nitrogen and oxygen atoms in total. The zero-order valence-electron chi connectivity index (χ0n) is 11.7. The van der Waals surface area contributed by atoms with E-state index in [1.54, 1.807) is 0 Å². The lowest BCUT2D eigenvalue weighted by atomic mass is 9.64. The molecule has 2 aliphatic rings. The van der Waals surface area contributed by atoms with Crippen molar-refractivity contribution in [1.82, 2.24) is 5.32 Å². The highest BCUT2D eigenvalue weighted by Crippen LogP contribution is 2.43. The van der Waals surface area contributed by atoms with Gasteiger partial charge >= 0.3 is 0 Å². The predicted molar refractivity (Wildman–Crippen MR) is 69.2 cm³/mol. The highest BCUT2D eigenvalue weighted by atomic mass is 16.5. The molecule has 2 rings (SSSR count). The summed E-state index contributed by atoms with van der Waals surface area (Å²) < 4.78 is 11.2. The number of ether oxygens (including phenoxy) is 2.